The van der Waals surface area contributed by atoms with Gasteiger partial charge in [-0.25, -0.2) is 13.6 Å². The number of hydrogen-bond donors (Lipinski definition) is 2. The standard InChI is InChI=1S/C15H15F2NO3/c1-9-10(6-13(21-9)14(19)20)8-18-12-5-3-4-11(7-12)15(2,16)17/h3-7,18H,8H2,1-2H3,(H,19,20). The number of alkyl halides is 2. The summed E-state index contributed by atoms with van der Waals surface area (Å²) in [4.78, 5) is 10.8. The predicted octanol–water partition coefficient (Wildman–Crippen LogP) is 4.01. The van der Waals surface area contributed by atoms with Crippen LogP contribution in [-0.2, 0) is 12.5 Å². The van der Waals surface area contributed by atoms with Crippen LogP contribution in [0.3, 0.4) is 0 Å². The summed E-state index contributed by atoms with van der Waals surface area (Å²) in [6.07, 6.45) is 0. The van der Waals surface area contributed by atoms with Crippen LogP contribution in [0.1, 0.15) is 34.4 Å². The molecule has 0 aliphatic carbocycles. The van der Waals surface area contributed by atoms with Crippen molar-refractivity contribution in [2.75, 3.05) is 5.32 Å². The summed E-state index contributed by atoms with van der Waals surface area (Å²) in [6.45, 7) is 2.78. The van der Waals surface area contributed by atoms with Crippen molar-refractivity contribution in [2.24, 2.45) is 0 Å². The second kappa shape index (κ2) is 5.55. The summed E-state index contributed by atoms with van der Waals surface area (Å²) in [5.74, 6) is -3.70. The highest BCUT2D eigenvalue weighted by molar-refractivity contribution is 5.84. The molecule has 1 heterocycles. The molecule has 2 N–H and O–H groups in total. The molecular formula is C15H15F2NO3. The van der Waals surface area contributed by atoms with E-state index in [1.54, 1.807) is 19.1 Å². The summed E-state index contributed by atoms with van der Waals surface area (Å²) in [7, 11) is 0. The number of anilines is 1. The Bertz CT molecular complexity index is 659. The van der Waals surface area contributed by atoms with Crippen molar-refractivity contribution in [3.8, 4) is 0 Å². The molecule has 0 fully saturated rings. The molecule has 21 heavy (non-hydrogen) atoms. The monoisotopic (exact) mass is 295 g/mol. The third kappa shape index (κ3) is 3.59. The molecule has 112 valence electrons. The van der Waals surface area contributed by atoms with Crippen molar-refractivity contribution < 1.29 is 23.1 Å². The number of benzene rings is 1. The average molecular weight is 295 g/mol. The van der Waals surface area contributed by atoms with Gasteiger partial charge in [0.05, 0.1) is 0 Å². The number of carbonyl (C=O) groups is 1. The van der Waals surface area contributed by atoms with Gasteiger partial charge in [0.25, 0.3) is 5.92 Å². The lowest BCUT2D eigenvalue weighted by Crippen LogP contribution is -2.08. The van der Waals surface area contributed by atoms with Gasteiger partial charge in [0.15, 0.2) is 0 Å². The van der Waals surface area contributed by atoms with Crippen molar-refractivity contribution >= 4 is 11.7 Å². The number of aromatic carboxylic acids is 1. The first-order chi connectivity index (χ1) is 9.77. The number of hydrogen-bond acceptors (Lipinski definition) is 3. The number of nitrogens with one attached hydrogen (secondary N) is 1. The zero-order valence-corrected chi connectivity index (χ0v) is 11.6. The van der Waals surface area contributed by atoms with E-state index in [0.717, 1.165) is 6.92 Å². The van der Waals surface area contributed by atoms with Gasteiger partial charge < -0.3 is 14.8 Å². The third-order valence-corrected chi connectivity index (χ3v) is 3.08. The van der Waals surface area contributed by atoms with Gasteiger partial charge in [0, 0.05) is 30.3 Å². The minimum absolute atomic E-state index is 0.0809. The lowest BCUT2D eigenvalue weighted by atomic mass is 10.1. The second-order valence-electron chi connectivity index (χ2n) is 4.82. The van der Waals surface area contributed by atoms with Gasteiger partial charge in [-0.15, -0.1) is 0 Å². The van der Waals surface area contributed by atoms with Crippen LogP contribution < -0.4 is 5.32 Å². The molecule has 6 heteroatoms. The summed E-state index contributed by atoms with van der Waals surface area (Å²) in [6, 6.07) is 7.36. The van der Waals surface area contributed by atoms with E-state index in [1.165, 1.54) is 18.2 Å². The first-order valence-corrected chi connectivity index (χ1v) is 6.32. The Kier molecular flexibility index (Phi) is 3.97. The molecule has 0 radical (unpaired) electrons. The third-order valence-electron chi connectivity index (χ3n) is 3.08. The summed E-state index contributed by atoms with van der Waals surface area (Å²) in [5.41, 5.74) is 1.12. The van der Waals surface area contributed by atoms with E-state index in [9.17, 15) is 13.6 Å². The van der Waals surface area contributed by atoms with E-state index >= 15 is 0 Å². The SMILES string of the molecule is Cc1oc(C(=O)O)cc1CNc1cccc(C(C)(F)F)c1. The highest BCUT2D eigenvalue weighted by atomic mass is 19.3. The number of furan rings is 1. The Morgan fingerprint density at radius 2 is 2.10 bits per heavy atom. The lowest BCUT2D eigenvalue weighted by Gasteiger charge is -2.12. The maximum atomic E-state index is 13.2. The lowest BCUT2D eigenvalue weighted by molar-refractivity contribution is 0.0175. The van der Waals surface area contributed by atoms with Crippen molar-refractivity contribution in [3.63, 3.8) is 0 Å². The zero-order valence-electron chi connectivity index (χ0n) is 11.6. The highest BCUT2D eigenvalue weighted by Crippen LogP contribution is 2.28. The van der Waals surface area contributed by atoms with Gasteiger partial charge in [-0.2, -0.15) is 0 Å². The molecule has 1 aromatic heterocycles. The fourth-order valence-electron chi connectivity index (χ4n) is 1.90. The van der Waals surface area contributed by atoms with Crippen molar-refractivity contribution in [2.45, 2.75) is 26.3 Å². The van der Waals surface area contributed by atoms with Crippen LogP contribution in [0.2, 0.25) is 0 Å². The molecule has 2 aromatic rings. The van der Waals surface area contributed by atoms with Crippen LogP contribution in [0.5, 0.6) is 0 Å². The average Bonchev–Trinajstić information content (AvgIpc) is 2.77. The Balaban J connectivity index is 2.12. The van der Waals surface area contributed by atoms with Gasteiger partial charge in [-0.3, -0.25) is 0 Å². The molecule has 0 aliphatic heterocycles. The molecule has 1 aromatic carbocycles. The largest absolute Gasteiger partial charge is 0.475 e. The summed E-state index contributed by atoms with van der Waals surface area (Å²) in [5, 5.41) is 11.8. The van der Waals surface area contributed by atoms with E-state index in [0.29, 0.717) is 23.6 Å². The first-order valence-electron chi connectivity index (χ1n) is 6.32. The van der Waals surface area contributed by atoms with Crippen LogP contribution in [0.4, 0.5) is 14.5 Å². The molecule has 0 bridgehead atoms. The van der Waals surface area contributed by atoms with E-state index < -0.39 is 11.9 Å². The van der Waals surface area contributed by atoms with Crippen LogP contribution in [-0.4, -0.2) is 11.1 Å². The Hall–Kier alpha value is -2.37. The minimum atomic E-state index is -2.90. The molecule has 4 nitrogen and oxygen atoms in total. The van der Waals surface area contributed by atoms with Crippen molar-refractivity contribution in [1.82, 2.24) is 0 Å². The van der Waals surface area contributed by atoms with Gasteiger partial charge in [-0.05, 0) is 25.1 Å². The summed E-state index contributed by atoms with van der Waals surface area (Å²) < 4.78 is 31.6. The molecule has 0 atom stereocenters. The Morgan fingerprint density at radius 3 is 2.67 bits per heavy atom. The minimum Gasteiger partial charge on any atom is -0.475 e. The van der Waals surface area contributed by atoms with E-state index in [2.05, 4.69) is 5.32 Å². The Morgan fingerprint density at radius 1 is 1.38 bits per heavy atom. The summed E-state index contributed by atoms with van der Waals surface area (Å²) >= 11 is 0. The second-order valence-corrected chi connectivity index (χ2v) is 4.82. The number of halogens is 2. The fourth-order valence-corrected chi connectivity index (χ4v) is 1.90. The van der Waals surface area contributed by atoms with Gasteiger partial charge in [-0.1, -0.05) is 12.1 Å². The maximum Gasteiger partial charge on any atom is 0.371 e. The molecule has 0 spiro atoms. The predicted molar refractivity (Wildman–Crippen MR) is 73.7 cm³/mol. The molecule has 0 amide bonds. The molecular weight excluding hydrogens is 280 g/mol. The van der Waals surface area contributed by atoms with Crippen LogP contribution >= 0.6 is 0 Å². The number of carboxylic acids is 1. The fraction of sp³-hybridized carbons (Fsp3) is 0.267. The van der Waals surface area contributed by atoms with E-state index in [4.69, 9.17) is 9.52 Å². The molecule has 0 aliphatic rings. The van der Waals surface area contributed by atoms with Crippen LogP contribution in [0, 0.1) is 6.92 Å². The van der Waals surface area contributed by atoms with E-state index in [-0.39, 0.29) is 11.3 Å². The highest BCUT2D eigenvalue weighted by Gasteiger charge is 2.24. The van der Waals surface area contributed by atoms with Gasteiger partial charge in [0.1, 0.15) is 5.76 Å². The molecule has 2 rings (SSSR count). The maximum absolute atomic E-state index is 13.2. The Labute approximate surface area is 120 Å². The molecule has 0 saturated carbocycles. The topological polar surface area (TPSA) is 62.5 Å². The van der Waals surface area contributed by atoms with Gasteiger partial charge in [0.2, 0.25) is 5.76 Å². The number of carboxylic acid groups (broad SMARTS) is 1. The molecule has 0 unspecified atom stereocenters. The smallest absolute Gasteiger partial charge is 0.371 e. The first kappa shape index (κ1) is 15.0. The van der Waals surface area contributed by atoms with Crippen LogP contribution in [0.15, 0.2) is 34.7 Å². The van der Waals surface area contributed by atoms with Gasteiger partial charge >= 0.3 is 5.97 Å². The number of aryl methyl sites for hydroxylation is 1. The zero-order chi connectivity index (χ0) is 15.6. The normalized spacial score (nSPS) is 11.4. The van der Waals surface area contributed by atoms with Crippen LogP contribution in [0.25, 0.3) is 0 Å². The quantitative estimate of drug-likeness (QED) is 0.875. The molecule has 0 saturated heterocycles. The van der Waals surface area contributed by atoms with Crippen molar-refractivity contribution in [3.05, 3.63) is 53.0 Å². The van der Waals surface area contributed by atoms with E-state index in [1.807, 2.05) is 0 Å². The van der Waals surface area contributed by atoms with Crippen molar-refractivity contribution in [1.29, 1.82) is 0 Å². The number of rotatable bonds is 5.